The summed E-state index contributed by atoms with van der Waals surface area (Å²) in [5.41, 5.74) is 4.69. The number of unbranched alkanes of at least 4 members (excludes halogenated alkanes) is 2. The highest BCUT2D eigenvalue weighted by atomic mass is 16.3. The van der Waals surface area contributed by atoms with Gasteiger partial charge in [-0.25, -0.2) is 0 Å². The van der Waals surface area contributed by atoms with Gasteiger partial charge in [0.05, 0.1) is 18.6 Å². The van der Waals surface area contributed by atoms with Gasteiger partial charge in [-0.2, -0.15) is 0 Å². The zero-order valence-electron chi connectivity index (χ0n) is 20.0. The first-order valence-electron chi connectivity index (χ1n) is 11.7. The van der Waals surface area contributed by atoms with Crippen LogP contribution in [0.25, 0.3) is 0 Å². The summed E-state index contributed by atoms with van der Waals surface area (Å²) in [5, 5.41) is 39.9. The van der Waals surface area contributed by atoms with Crippen molar-refractivity contribution < 1.29 is 34.8 Å². The predicted octanol–water partition coefficient (Wildman–Crippen LogP) is 2.20. The monoisotopic (exact) mass is 465 g/mol. The highest BCUT2D eigenvalue weighted by Gasteiger charge is 2.44. The van der Waals surface area contributed by atoms with Crippen molar-refractivity contribution in [3.8, 4) is 5.75 Å². The largest absolute Gasteiger partial charge is 0.507 e. The minimum absolute atomic E-state index is 0.0120. The summed E-state index contributed by atoms with van der Waals surface area (Å²) in [5.74, 6) is -3.24. The summed E-state index contributed by atoms with van der Waals surface area (Å²) in [7, 11) is 0. The zero-order chi connectivity index (χ0) is 25.2. The van der Waals surface area contributed by atoms with Crippen molar-refractivity contribution in [2.75, 3.05) is 13.2 Å². The smallest absolute Gasteiger partial charge is 0.224 e. The van der Waals surface area contributed by atoms with Crippen molar-refractivity contribution in [1.82, 2.24) is 0 Å². The van der Waals surface area contributed by atoms with E-state index in [1.165, 1.54) is 25.3 Å². The molecule has 2 rings (SSSR count). The number of primary amides is 1. The van der Waals surface area contributed by atoms with Crippen LogP contribution in [0, 0.1) is 18.8 Å². The van der Waals surface area contributed by atoms with Crippen LogP contribution in [-0.2, 0) is 16.0 Å². The predicted molar refractivity (Wildman–Crippen MR) is 125 cm³/mol. The first-order chi connectivity index (χ1) is 15.5. The van der Waals surface area contributed by atoms with Crippen LogP contribution in [0.15, 0.2) is 12.1 Å². The van der Waals surface area contributed by atoms with E-state index in [1.54, 1.807) is 6.07 Å². The van der Waals surface area contributed by atoms with Crippen LogP contribution < -0.4 is 5.73 Å². The van der Waals surface area contributed by atoms with Crippen molar-refractivity contribution in [3.63, 3.8) is 0 Å². The quantitative estimate of drug-likeness (QED) is 0.313. The summed E-state index contributed by atoms with van der Waals surface area (Å²) in [6.45, 7) is 5.00. The number of ketones is 2. The summed E-state index contributed by atoms with van der Waals surface area (Å²) in [6, 6.07) is 3.20. The van der Waals surface area contributed by atoms with E-state index in [-0.39, 0.29) is 43.3 Å². The summed E-state index contributed by atoms with van der Waals surface area (Å²) >= 11 is 0. The lowest BCUT2D eigenvalue weighted by molar-refractivity contribution is -0.153. The Balaban J connectivity index is 0.000000981. The van der Waals surface area contributed by atoms with E-state index in [1.807, 2.05) is 6.92 Å². The number of phenolic OH excluding ortho intramolecular Hbond substituents is 1. The third-order valence-corrected chi connectivity index (χ3v) is 6.31. The minimum atomic E-state index is -2.23. The van der Waals surface area contributed by atoms with Gasteiger partial charge in [-0.15, -0.1) is 0 Å². The van der Waals surface area contributed by atoms with Crippen LogP contribution in [0.4, 0.5) is 0 Å². The maximum absolute atomic E-state index is 12.6. The topological polar surface area (TPSA) is 158 Å². The molecule has 0 unspecified atom stereocenters. The lowest BCUT2D eigenvalue weighted by Gasteiger charge is -2.36. The summed E-state index contributed by atoms with van der Waals surface area (Å²) in [4.78, 5) is 36.0. The zero-order valence-corrected chi connectivity index (χ0v) is 20.0. The molecule has 3 atom stereocenters. The number of phenols is 1. The molecule has 0 aliphatic heterocycles. The molecule has 0 saturated heterocycles. The molecule has 8 nitrogen and oxygen atoms in total. The number of aliphatic hydroxyl groups is 3. The number of carbonyl (C=O) groups excluding carboxylic acids is 3. The fourth-order valence-corrected chi connectivity index (χ4v) is 4.43. The van der Waals surface area contributed by atoms with Crippen LogP contribution >= 0.6 is 0 Å². The van der Waals surface area contributed by atoms with Gasteiger partial charge < -0.3 is 26.2 Å². The summed E-state index contributed by atoms with van der Waals surface area (Å²) in [6.07, 6.45) is 4.11. The van der Waals surface area contributed by atoms with E-state index < -0.39 is 36.2 Å². The van der Waals surface area contributed by atoms with Crippen LogP contribution in [0.5, 0.6) is 5.75 Å². The number of aromatic hydroxyl groups is 1. The van der Waals surface area contributed by atoms with E-state index in [4.69, 9.17) is 5.73 Å². The van der Waals surface area contributed by atoms with Crippen LogP contribution in [0.2, 0.25) is 0 Å². The molecule has 1 aromatic rings. The number of hydrogen-bond acceptors (Lipinski definition) is 7. The molecule has 33 heavy (non-hydrogen) atoms. The second-order valence-electron chi connectivity index (χ2n) is 8.90. The molecule has 0 bridgehead atoms. The number of fused-ring (bicyclic) bond motifs is 1. The molecule has 8 heteroatoms. The Morgan fingerprint density at radius 2 is 1.82 bits per heavy atom. The Kier molecular flexibility index (Phi) is 11.7. The SMILES string of the molecule is CCCCC.Cc1ccc(O)c2c1C[C@@H](C[C@@H](CCO)[C@](O)(CO)C(=O)CC(N)=O)CC2=O. The molecular formula is C25H39NO7. The highest BCUT2D eigenvalue weighted by Crippen LogP contribution is 2.38. The first-order valence-corrected chi connectivity index (χ1v) is 11.7. The molecule has 1 aromatic carbocycles. The Morgan fingerprint density at radius 1 is 1.18 bits per heavy atom. The molecule has 186 valence electrons. The molecule has 0 saturated carbocycles. The number of aliphatic hydroxyl groups excluding tert-OH is 2. The number of nitrogens with two attached hydrogens (primary N) is 1. The highest BCUT2D eigenvalue weighted by molar-refractivity contribution is 6.02. The van der Waals surface area contributed by atoms with Gasteiger partial charge in [-0.05, 0) is 55.2 Å². The van der Waals surface area contributed by atoms with Crippen LogP contribution in [0.1, 0.15) is 80.3 Å². The Morgan fingerprint density at radius 3 is 2.30 bits per heavy atom. The fourth-order valence-electron chi connectivity index (χ4n) is 4.43. The van der Waals surface area contributed by atoms with E-state index in [0.29, 0.717) is 12.0 Å². The fraction of sp³-hybridized carbons (Fsp3) is 0.640. The molecule has 6 N–H and O–H groups in total. The van der Waals surface area contributed by atoms with Gasteiger partial charge in [0.15, 0.2) is 11.6 Å². The van der Waals surface area contributed by atoms with Gasteiger partial charge in [0.2, 0.25) is 5.91 Å². The molecule has 1 amide bonds. The number of aryl methyl sites for hydroxylation is 1. The summed E-state index contributed by atoms with van der Waals surface area (Å²) < 4.78 is 0. The molecule has 0 aromatic heterocycles. The molecule has 1 aliphatic carbocycles. The molecule has 0 heterocycles. The second kappa shape index (κ2) is 13.4. The Bertz CT molecular complexity index is 821. The van der Waals surface area contributed by atoms with Crippen molar-refractivity contribution in [1.29, 1.82) is 0 Å². The van der Waals surface area contributed by atoms with Crippen LogP contribution in [-0.4, -0.2) is 56.7 Å². The van der Waals surface area contributed by atoms with Crippen molar-refractivity contribution in [2.45, 2.75) is 77.7 Å². The Hall–Kier alpha value is -2.29. The lowest BCUT2D eigenvalue weighted by Crippen LogP contribution is -2.51. The van der Waals surface area contributed by atoms with E-state index in [0.717, 1.165) is 11.1 Å². The van der Waals surface area contributed by atoms with E-state index in [2.05, 4.69) is 13.8 Å². The van der Waals surface area contributed by atoms with Crippen LogP contribution in [0.3, 0.4) is 0 Å². The van der Waals surface area contributed by atoms with Gasteiger partial charge in [0.25, 0.3) is 0 Å². The minimum Gasteiger partial charge on any atom is -0.507 e. The van der Waals surface area contributed by atoms with Crippen molar-refractivity contribution in [3.05, 3.63) is 28.8 Å². The van der Waals surface area contributed by atoms with E-state index >= 15 is 0 Å². The number of amides is 1. The molecule has 0 fully saturated rings. The average molecular weight is 466 g/mol. The molecule has 0 radical (unpaired) electrons. The van der Waals surface area contributed by atoms with Crippen molar-refractivity contribution >= 4 is 17.5 Å². The molecular weight excluding hydrogens is 426 g/mol. The third-order valence-electron chi connectivity index (χ3n) is 6.31. The number of Topliss-reactive ketones (excluding diaryl/α,β-unsaturated/α-hetero) is 2. The number of hydrogen-bond donors (Lipinski definition) is 5. The lowest BCUT2D eigenvalue weighted by atomic mass is 9.71. The molecule has 0 spiro atoms. The maximum atomic E-state index is 12.6. The third kappa shape index (κ3) is 7.62. The normalized spacial score (nSPS) is 17.9. The van der Waals surface area contributed by atoms with Gasteiger partial charge in [-0.1, -0.05) is 39.2 Å². The number of rotatable bonds is 11. The Labute approximate surface area is 195 Å². The average Bonchev–Trinajstić information content (AvgIpc) is 2.75. The molecule has 1 aliphatic rings. The van der Waals surface area contributed by atoms with Gasteiger partial charge in [-0.3, -0.25) is 14.4 Å². The first kappa shape index (κ1) is 28.7. The standard InChI is InChI=1S/C20H27NO7.C5H12/c1-11-2-3-15(24)19-14(11)7-12(8-16(19)25)6-13(4-5-22)20(28,10-23)17(26)9-18(21)27;1-3-5-4-2/h2-3,12-13,22-24,28H,4-10H2,1H3,(H2,21,27);3-5H2,1-2H3/t12-,13-,20-;/m1./s1. The van der Waals surface area contributed by atoms with Gasteiger partial charge >= 0.3 is 0 Å². The van der Waals surface area contributed by atoms with Gasteiger partial charge in [0, 0.05) is 13.0 Å². The van der Waals surface area contributed by atoms with Gasteiger partial charge in [0.1, 0.15) is 11.4 Å². The van der Waals surface area contributed by atoms with Crippen molar-refractivity contribution in [2.24, 2.45) is 17.6 Å². The van der Waals surface area contributed by atoms with E-state index in [9.17, 15) is 34.8 Å². The number of benzene rings is 1. The maximum Gasteiger partial charge on any atom is 0.224 e. The number of carbonyl (C=O) groups is 3. The second-order valence-corrected chi connectivity index (χ2v) is 8.90.